The molecule has 4 rings (SSSR count). The summed E-state index contributed by atoms with van der Waals surface area (Å²) in [7, 11) is -3.86. The van der Waals surface area contributed by atoms with Gasteiger partial charge in [0.05, 0.1) is 4.90 Å². The third kappa shape index (κ3) is 3.93. The fourth-order valence-electron chi connectivity index (χ4n) is 3.16. The van der Waals surface area contributed by atoms with E-state index < -0.39 is 9.84 Å². The quantitative estimate of drug-likeness (QED) is 0.473. The number of nitrogens with one attached hydrogen (secondary N) is 1. The summed E-state index contributed by atoms with van der Waals surface area (Å²) in [5.74, 6) is 0.338. The van der Waals surface area contributed by atoms with Gasteiger partial charge in [-0.05, 0) is 61.4 Å². The Hall–Kier alpha value is -3.38. The molecule has 1 heterocycles. The van der Waals surface area contributed by atoms with E-state index in [1.807, 2.05) is 62.4 Å². The predicted molar refractivity (Wildman–Crippen MR) is 113 cm³/mol. The van der Waals surface area contributed by atoms with E-state index in [0.29, 0.717) is 5.56 Å². The molecule has 0 aliphatic carbocycles. The molecule has 0 saturated heterocycles. The van der Waals surface area contributed by atoms with Gasteiger partial charge < -0.3 is 9.73 Å². The van der Waals surface area contributed by atoms with Crippen LogP contribution in [0.1, 0.15) is 11.1 Å². The maximum atomic E-state index is 13.3. The summed E-state index contributed by atoms with van der Waals surface area (Å²) < 4.78 is 32.4. The first-order chi connectivity index (χ1) is 13.9. The zero-order chi connectivity index (χ0) is 20.4. The minimum atomic E-state index is -3.86. The van der Waals surface area contributed by atoms with E-state index >= 15 is 0 Å². The number of sulfone groups is 1. The number of oxazole rings is 1. The van der Waals surface area contributed by atoms with Crippen LogP contribution >= 0.6 is 0 Å². The monoisotopic (exact) mass is 404 g/mol. The minimum Gasteiger partial charge on any atom is -0.419 e. The third-order valence-electron chi connectivity index (χ3n) is 4.40. The van der Waals surface area contributed by atoms with Gasteiger partial charge in [0.1, 0.15) is 0 Å². The van der Waals surface area contributed by atoms with Crippen LogP contribution in [-0.4, -0.2) is 13.4 Å². The molecule has 1 aromatic heterocycles. The lowest BCUT2D eigenvalue weighted by molar-refractivity contribution is 0.582. The van der Waals surface area contributed by atoms with Gasteiger partial charge in [-0.15, -0.1) is 0 Å². The van der Waals surface area contributed by atoms with Crippen molar-refractivity contribution in [2.45, 2.75) is 23.8 Å². The van der Waals surface area contributed by atoms with Gasteiger partial charge >= 0.3 is 0 Å². The number of aryl methyl sites for hydroxylation is 2. The molecule has 0 bridgehead atoms. The average Bonchev–Trinajstić information content (AvgIpc) is 3.13. The normalized spacial score (nSPS) is 11.4. The van der Waals surface area contributed by atoms with Gasteiger partial charge in [-0.2, -0.15) is 4.98 Å². The zero-order valence-corrected chi connectivity index (χ0v) is 16.9. The highest BCUT2D eigenvalue weighted by atomic mass is 32.2. The molecule has 0 unspecified atom stereocenters. The van der Waals surface area contributed by atoms with Gasteiger partial charge in [-0.3, -0.25) is 0 Å². The molecule has 29 heavy (non-hydrogen) atoms. The van der Waals surface area contributed by atoms with Gasteiger partial charge in [0.15, 0.2) is 0 Å². The smallest absolute Gasteiger partial charge is 0.238 e. The molecule has 1 N–H and O–H groups in total. The summed E-state index contributed by atoms with van der Waals surface area (Å²) in [6, 6.07) is 23.4. The molecule has 6 heteroatoms. The zero-order valence-electron chi connectivity index (χ0n) is 16.1. The molecule has 3 aromatic carbocycles. The Kier molecular flexibility index (Phi) is 4.94. The molecular weight excluding hydrogens is 384 g/mol. The number of hydrogen-bond donors (Lipinski definition) is 1. The molecule has 0 spiro atoms. The van der Waals surface area contributed by atoms with Crippen LogP contribution in [0.15, 0.2) is 93.2 Å². The van der Waals surface area contributed by atoms with Gasteiger partial charge in [0.2, 0.25) is 26.6 Å². The van der Waals surface area contributed by atoms with Crippen LogP contribution < -0.4 is 5.32 Å². The lowest BCUT2D eigenvalue weighted by Crippen LogP contribution is -2.05. The van der Waals surface area contributed by atoms with E-state index in [4.69, 9.17) is 4.42 Å². The second-order valence-corrected chi connectivity index (χ2v) is 8.70. The number of nitrogens with zero attached hydrogens (tertiary/aromatic N) is 1. The van der Waals surface area contributed by atoms with Crippen molar-refractivity contribution in [1.82, 2.24) is 4.98 Å². The molecule has 0 aliphatic rings. The first-order valence-corrected chi connectivity index (χ1v) is 10.6. The summed E-state index contributed by atoms with van der Waals surface area (Å²) >= 11 is 0. The van der Waals surface area contributed by atoms with Crippen molar-refractivity contribution in [3.8, 4) is 11.5 Å². The van der Waals surface area contributed by atoms with Crippen LogP contribution in [-0.2, 0) is 9.84 Å². The van der Waals surface area contributed by atoms with Crippen LogP contribution in [0.2, 0.25) is 0 Å². The standard InChI is InChI=1S/C23H20N2O3S/c1-16-13-17(2)15-19(14-16)24-22-23(29(26,27)20-11-7-4-8-12-20)25-21(28-22)18-9-5-3-6-10-18/h3-15,24H,1-2H3. The molecule has 4 aromatic rings. The van der Waals surface area contributed by atoms with E-state index in [0.717, 1.165) is 16.8 Å². The van der Waals surface area contributed by atoms with E-state index in [1.54, 1.807) is 30.3 Å². The molecule has 0 fully saturated rings. The molecule has 0 amide bonds. The van der Waals surface area contributed by atoms with Gasteiger partial charge in [-0.25, -0.2) is 8.42 Å². The molecule has 5 nitrogen and oxygen atoms in total. The van der Waals surface area contributed by atoms with Gasteiger partial charge in [-0.1, -0.05) is 42.5 Å². The van der Waals surface area contributed by atoms with E-state index in [9.17, 15) is 8.42 Å². The van der Waals surface area contributed by atoms with Crippen LogP contribution in [0.25, 0.3) is 11.5 Å². The first kappa shape index (κ1) is 19.0. The highest BCUT2D eigenvalue weighted by Gasteiger charge is 2.28. The topological polar surface area (TPSA) is 72.2 Å². The van der Waals surface area contributed by atoms with E-state index in [2.05, 4.69) is 10.3 Å². The molecule has 146 valence electrons. The predicted octanol–water partition coefficient (Wildman–Crippen LogP) is 5.53. The van der Waals surface area contributed by atoms with E-state index in [-0.39, 0.29) is 21.7 Å². The van der Waals surface area contributed by atoms with Crippen LogP contribution in [0.3, 0.4) is 0 Å². The minimum absolute atomic E-state index is 0.0951. The lowest BCUT2D eigenvalue weighted by atomic mass is 10.1. The summed E-state index contributed by atoms with van der Waals surface area (Å²) in [6.45, 7) is 3.96. The van der Waals surface area contributed by atoms with Crippen molar-refractivity contribution >= 4 is 21.4 Å². The molecular formula is C23H20N2O3S. The van der Waals surface area contributed by atoms with Gasteiger partial charge in [0.25, 0.3) is 0 Å². The summed E-state index contributed by atoms with van der Waals surface area (Å²) in [5.41, 5.74) is 3.55. The Labute approximate surface area is 170 Å². The molecule has 0 aliphatic heterocycles. The second-order valence-electron chi connectivity index (χ2n) is 6.84. The molecule has 0 radical (unpaired) electrons. The van der Waals surface area contributed by atoms with Gasteiger partial charge in [0, 0.05) is 11.3 Å². The number of anilines is 2. The van der Waals surface area contributed by atoms with Crippen molar-refractivity contribution in [2.75, 3.05) is 5.32 Å². The Balaban J connectivity index is 1.86. The SMILES string of the molecule is Cc1cc(C)cc(Nc2oc(-c3ccccc3)nc2S(=O)(=O)c2ccccc2)c1. The summed E-state index contributed by atoms with van der Waals surface area (Å²) in [4.78, 5) is 4.52. The highest BCUT2D eigenvalue weighted by molar-refractivity contribution is 7.91. The summed E-state index contributed by atoms with van der Waals surface area (Å²) in [5, 5.41) is 2.97. The van der Waals surface area contributed by atoms with Crippen molar-refractivity contribution in [3.05, 3.63) is 90.0 Å². The van der Waals surface area contributed by atoms with Crippen molar-refractivity contribution in [2.24, 2.45) is 0 Å². The van der Waals surface area contributed by atoms with Crippen LogP contribution in [0.4, 0.5) is 11.6 Å². The second kappa shape index (κ2) is 7.56. The largest absolute Gasteiger partial charge is 0.419 e. The Morgan fingerprint density at radius 2 is 1.41 bits per heavy atom. The average molecular weight is 404 g/mol. The Bertz CT molecular complexity index is 1230. The summed E-state index contributed by atoms with van der Waals surface area (Å²) in [6.07, 6.45) is 0. The van der Waals surface area contributed by atoms with Crippen LogP contribution in [0, 0.1) is 13.8 Å². The fraction of sp³-hybridized carbons (Fsp3) is 0.0870. The maximum Gasteiger partial charge on any atom is 0.238 e. The third-order valence-corrected chi connectivity index (χ3v) is 6.08. The first-order valence-electron chi connectivity index (χ1n) is 9.15. The van der Waals surface area contributed by atoms with E-state index in [1.165, 1.54) is 0 Å². The Morgan fingerprint density at radius 1 is 0.828 bits per heavy atom. The number of rotatable bonds is 5. The van der Waals surface area contributed by atoms with Crippen molar-refractivity contribution in [3.63, 3.8) is 0 Å². The van der Waals surface area contributed by atoms with Crippen molar-refractivity contribution < 1.29 is 12.8 Å². The lowest BCUT2D eigenvalue weighted by Gasteiger charge is -2.08. The van der Waals surface area contributed by atoms with Crippen molar-refractivity contribution in [1.29, 1.82) is 0 Å². The maximum absolute atomic E-state index is 13.3. The molecule has 0 atom stereocenters. The molecule has 0 saturated carbocycles. The Morgan fingerprint density at radius 3 is 2.03 bits per heavy atom. The highest BCUT2D eigenvalue weighted by Crippen LogP contribution is 2.34. The van der Waals surface area contributed by atoms with Crippen LogP contribution in [0.5, 0.6) is 0 Å². The number of benzene rings is 3. The fourth-order valence-corrected chi connectivity index (χ4v) is 4.44. The number of aromatic nitrogens is 1. The number of hydrogen-bond acceptors (Lipinski definition) is 5.